The third kappa shape index (κ3) is 10.6. The number of ether oxygens (including phenoxy) is 1. The molecule has 53 heavy (non-hydrogen) atoms. The molecule has 0 spiro atoms. The number of nitrogens with one attached hydrogen (secondary N) is 2. The van der Waals surface area contributed by atoms with Gasteiger partial charge < -0.3 is 20.3 Å². The second kappa shape index (κ2) is 17.6. The van der Waals surface area contributed by atoms with Crippen LogP contribution in [-0.2, 0) is 35.0 Å². The zero-order valence-corrected chi connectivity index (χ0v) is 29.9. The van der Waals surface area contributed by atoms with Gasteiger partial charge in [0.05, 0.1) is 29.4 Å². The molecule has 282 valence electrons. The number of carboxylic acid groups (broad SMARTS) is 1. The van der Waals surface area contributed by atoms with Gasteiger partial charge in [-0.05, 0) is 82.6 Å². The number of hydrogen-bond donors (Lipinski definition) is 4. The molecule has 6 nitrogen and oxygen atoms in total. The van der Waals surface area contributed by atoms with Crippen molar-refractivity contribution in [3.8, 4) is 11.1 Å². The Bertz CT molecular complexity index is 1980. The van der Waals surface area contributed by atoms with Crippen LogP contribution >= 0.6 is 11.6 Å². The summed E-state index contributed by atoms with van der Waals surface area (Å²) in [6, 6.07) is 17.8. The standard InChI is InChI=1S/C40H39ClF6N2O4/c1-25-28(12-14-30-21-27(11-17-35(30)40(45,46)47)23-49-38(2,24-50)37(51)52)6-4-8-32(25)33-9-5-7-29(36(33)41)13-15-31-20-26(22-48-18-19-53-3)10-16-34(31)39(42,43)44/h4-17,20-21,48-50H,18-19,22-24H2,1-3H3,(H,51,52)/b14-12+,15-13+/t38-/m0/s1. The number of methoxy groups -OCH3 is 1. The van der Waals surface area contributed by atoms with Crippen LogP contribution in [0.15, 0.2) is 72.8 Å². The maximum Gasteiger partial charge on any atom is 0.416 e. The van der Waals surface area contributed by atoms with E-state index in [1.54, 1.807) is 50.4 Å². The number of aliphatic hydroxyl groups is 1. The van der Waals surface area contributed by atoms with E-state index >= 15 is 0 Å². The highest BCUT2D eigenvalue weighted by Crippen LogP contribution is 2.38. The maximum atomic E-state index is 14.0. The average molecular weight is 761 g/mol. The van der Waals surface area contributed by atoms with E-state index in [4.69, 9.17) is 16.3 Å². The molecular weight excluding hydrogens is 722 g/mol. The highest BCUT2D eigenvalue weighted by Gasteiger charge is 2.35. The number of benzene rings is 4. The predicted octanol–water partition coefficient (Wildman–Crippen LogP) is 9.36. The molecule has 4 rings (SSSR count). The van der Waals surface area contributed by atoms with Crippen molar-refractivity contribution in [2.24, 2.45) is 0 Å². The fourth-order valence-corrected chi connectivity index (χ4v) is 5.80. The molecule has 0 fully saturated rings. The first-order chi connectivity index (χ1) is 25.0. The number of alkyl halides is 6. The van der Waals surface area contributed by atoms with Crippen LogP contribution in [0, 0.1) is 6.92 Å². The molecule has 0 aliphatic carbocycles. The Morgan fingerprint density at radius 3 is 1.81 bits per heavy atom. The normalized spacial score (nSPS) is 13.6. The van der Waals surface area contributed by atoms with Crippen LogP contribution in [0.3, 0.4) is 0 Å². The van der Waals surface area contributed by atoms with Gasteiger partial charge in [-0.25, -0.2) is 0 Å². The molecule has 1 atom stereocenters. The number of carbonyl (C=O) groups is 1. The second-order valence-electron chi connectivity index (χ2n) is 12.6. The van der Waals surface area contributed by atoms with Crippen LogP contribution in [0.25, 0.3) is 35.4 Å². The molecule has 0 saturated heterocycles. The number of aliphatic hydroxyl groups excluding tert-OH is 1. The van der Waals surface area contributed by atoms with Gasteiger partial charge in [-0.1, -0.05) is 84.4 Å². The van der Waals surface area contributed by atoms with Crippen molar-refractivity contribution < 1.29 is 46.1 Å². The van der Waals surface area contributed by atoms with Gasteiger partial charge >= 0.3 is 18.3 Å². The number of halogens is 7. The van der Waals surface area contributed by atoms with E-state index in [1.807, 2.05) is 0 Å². The van der Waals surface area contributed by atoms with Gasteiger partial charge in [0.1, 0.15) is 5.54 Å². The summed E-state index contributed by atoms with van der Waals surface area (Å²) in [6.45, 7) is 3.53. The van der Waals surface area contributed by atoms with Crippen molar-refractivity contribution >= 4 is 41.9 Å². The fourth-order valence-electron chi connectivity index (χ4n) is 5.51. The van der Waals surface area contributed by atoms with E-state index in [-0.39, 0.29) is 22.7 Å². The highest BCUT2D eigenvalue weighted by molar-refractivity contribution is 6.35. The third-order valence-electron chi connectivity index (χ3n) is 8.71. The first-order valence-electron chi connectivity index (χ1n) is 16.4. The molecule has 0 bridgehead atoms. The molecule has 0 aromatic heterocycles. The van der Waals surface area contributed by atoms with Crippen molar-refractivity contribution in [3.63, 3.8) is 0 Å². The van der Waals surface area contributed by atoms with E-state index in [1.165, 1.54) is 55.5 Å². The quantitative estimate of drug-likeness (QED) is 0.0549. The van der Waals surface area contributed by atoms with Gasteiger partial charge in [0.25, 0.3) is 0 Å². The van der Waals surface area contributed by atoms with E-state index in [0.717, 1.165) is 12.1 Å². The van der Waals surface area contributed by atoms with E-state index in [9.17, 15) is 41.4 Å². The summed E-state index contributed by atoms with van der Waals surface area (Å²) < 4.78 is 88.7. The highest BCUT2D eigenvalue weighted by atomic mass is 35.5. The lowest BCUT2D eigenvalue weighted by atomic mass is 9.94. The molecule has 0 aliphatic rings. The van der Waals surface area contributed by atoms with Crippen LogP contribution in [-0.4, -0.2) is 48.6 Å². The molecule has 0 radical (unpaired) electrons. The lowest BCUT2D eigenvalue weighted by Gasteiger charge is -2.24. The summed E-state index contributed by atoms with van der Waals surface area (Å²) in [5.74, 6) is -1.31. The minimum Gasteiger partial charge on any atom is -0.480 e. The fraction of sp³-hybridized carbons (Fsp3) is 0.275. The van der Waals surface area contributed by atoms with Crippen LogP contribution in [0.4, 0.5) is 26.3 Å². The van der Waals surface area contributed by atoms with Gasteiger partial charge in [0.2, 0.25) is 0 Å². The minimum atomic E-state index is -4.67. The predicted molar refractivity (Wildman–Crippen MR) is 196 cm³/mol. The summed E-state index contributed by atoms with van der Waals surface area (Å²) in [5, 5.41) is 25.0. The van der Waals surface area contributed by atoms with Crippen molar-refractivity contribution in [3.05, 3.63) is 128 Å². The summed E-state index contributed by atoms with van der Waals surface area (Å²) in [6.07, 6.45) is -3.53. The van der Waals surface area contributed by atoms with Crippen LogP contribution < -0.4 is 10.6 Å². The van der Waals surface area contributed by atoms with Crippen molar-refractivity contribution in [2.45, 2.75) is 44.8 Å². The van der Waals surface area contributed by atoms with E-state index in [2.05, 4.69) is 10.6 Å². The summed E-state index contributed by atoms with van der Waals surface area (Å²) in [7, 11) is 1.55. The smallest absolute Gasteiger partial charge is 0.416 e. The van der Waals surface area contributed by atoms with Crippen molar-refractivity contribution in [1.82, 2.24) is 10.6 Å². The van der Waals surface area contributed by atoms with Gasteiger partial charge in [-0.15, -0.1) is 0 Å². The van der Waals surface area contributed by atoms with Gasteiger partial charge in [0, 0.05) is 32.3 Å². The first-order valence-corrected chi connectivity index (χ1v) is 16.8. The molecule has 13 heteroatoms. The summed E-state index contributed by atoms with van der Waals surface area (Å²) >= 11 is 6.85. The molecular formula is C40H39ClF6N2O4. The largest absolute Gasteiger partial charge is 0.480 e. The van der Waals surface area contributed by atoms with Gasteiger partial charge in [0.15, 0.2) is 0 Å². The number of aliphatic carboxylic acids is 1. The zero-order chi connectivity index (χ0) is 39.0. The average Bonchev–Trinajstić information content (AvgIpc) is 3.10. The lowest BCUT2D eigenvalue weighted by Crippen LogP contribution is -2.52. The minimum absolute atomic E-state index is 0.0318. The Labute approximate surface area is 308 Å². The Hall–Kier alpha value is -4.46. The zero-order valence-electron chi connectivity index (χ0n) is 29.1. The molecule has 0 amide bonds. The summed E-state index contributed by atoms with van der Waals surface area (Å²) in [4.78, 5) is 11.5. The topological polar surface area (TPSA) is 90.8 Å². The van der Waals surface area contributed by atoms with E-state index < -0.39 is 41.6 Å². The monoisotopic (exact) mass is 760 g/mol. The van der Waals surface area contributed by atoms with Crippen molar-refractivity contribution in [2.75, 3.05) is 26.9 Å². The van der Waals surface area contributed by atoms with Crippen molar-refractivity contribution in [1.29, 1.82) is 0 Å². The molecule has 0 saturated carbocycles. The number of carboxylic acids is 1. The number of rotatable bonds is 15. The molecule has 4 aromatic carbocycles. The maximum absolute atomic E-state index is 14.0. The van der Waals surface area contributed by atoms with E-state index in [0.29, 0.717) is 58.6 Å². The second-order valence-corrected chi connectivity index (χ2v) is 12.9. The Kier molecular flexibility index (Phi) is 13.7. The molecule has 4 aromatic rings. The van der Waals surface area contributed by atoms with Gasteiger partial charge in [-0.3, -0.25) is 10.1 Å². The van der Waals surface area contributed by atoms with Crippen LogP contribution in [0.1, 0.15) is 57.0 Å². The third-order valence-corrected chi connectivity index (χ3v) is 9.13. The first kappa shape index (κ1) is 41.3. The molecule has 0 unspecified atom stereocenters. The van der Waals surface area contributed by atoms with Crippen LogP contribution in [0.2, 0.25) is 5.02 Å². The number of hydrogen-bond acceptors (Lipinski definition) is 5. The Morgan fingerprint density at radius 2 is 1.28 bits per heavy atom. The molecule has 0 heterocycles. The summed E-state index contributed by atoms with van der Waals surface area (Å²) in [5.41, 5.74) is 0.432. The van der Waals surface area contributed by atoms with Crippen LogP contribution in [0.5, 0.6) is 0 Å². The SMILES string of the molecule is COCCNCc1ccc(C(F)(F)F)c(/C=C/c2cccc(-c3cccc(/C=C/c4cc(CN[C@@](C)(CO)C(=O)O)ccc4C(F)(F)F)c3C)c2Cl)c1. The molecule has 4 N–H and O–H groups in total. The van der Waals surface area contributed by atoms with Gasteiger partial charge in [-0.2, -0.15) is 26.3 Å². The molecule has 0 aliphatic heterocycles. The lowest BCUT2D eigenvalue weighted by molar-refractivity contribution is -0.146. The Balaban J connectivity index is 1.66. The Morgan fingerprint density at radius 1 is 0.774 bits per heavy atom.